The van der Waals surface area contributed by atoms with Gasteiger partial charge in [-0.15, -0.1) is 0 Å². The van der Waals surface area contributed by atoms with Crippen molar-refractivity contribution in [1.82, 2.24) is 15.1 Å². The van der Waals surface area contributed by atoms with Crippen LogP contribution in [0.1, 0.15) is 19.3 Å². The van der Waals surface area contributed by atoms with Gasteiger partial charge in [0.1, 0.15) is 0 Å². The molecule has 1 amide bonds. The number of carbonyl (C=O) groups is 1. The van der Waals surface area contributed by atoms with Gasteiger partial charge in [-0.1, -0.05) is 0 Å². The molecule has 1 aliphatic rings. The number of likely N-dealkylation sites (tertiary alicyclic amines) is 1. The normalized spacial score (nSPS) is 21.3. The molecule has 1 rings (SSSR count). The smallest absolute Gasteiger partial charge is 0.222 e. The van der Waals surface area contributed by atoms with E-state index in [0.29, 0.717) is 6.42 Å². The first-order valence-electron chi connectivity index (χ1n) is 6.19. The Bertz CT molecular complexity index is 218. The van der Waals surface area contributed by atoms with Gasteiger partial charge < -0.3 is 15.1 Å². The van der Waals surface area contributed by atoms with Gasteiger partial charge in [0.05, 0.1) is 0 Å². The molecular weight excluding hydrogens is 202 g/mol. The first kappa shape index (κ1) is 13.5. The van der Waals surface area contributed by atoms with Gasteiger partial charge in [-0.3, -0.25) is 4.79 Å². The second-order valence-corrected chi connectivity index (χ2v) is 5.01. The summed E-state index contributed by atoms with van der Waals surface area (Å²) in [7, 11) is 5.80. The van der Waals surface area contributed by atoms with E-state index in [1.165, 1.54) is 19.5 Å². The maximum atomic E-state index is 11.3. The van der Waals surface area contributed by atoms with Crippen molar-refractivity contribution in [3.05, 3.63) is 0 Å². The molecule has 1 saturated heterocycles. The van der Waals surface area contributed by atoms with Crippen molar-refractivity contribution in [1.29, 1.82) is 0 Å². The maximum absolute atomic E-state index is 11.3. The topological polar surface area (TPSA) is 35.6 Å². The fourth-order valence-corrected chi connectivity index (χ4v) is 2.09. The average molecular weight is 227 g/mol. The molecule has 4 heteroatoms. The molecule has 0 aromatic carbocycles. The van der Waals surface area contributed by atoms with E-state index in [-0.39, 0.29) is 5.91 Å². The molecule has 1 heterocycles. The first-order valence-corrected chi connectivity index (χ1v) is 6.19. The predicted molar refractivity (Wildman–Crippen MR) is 66.4 cm³/mol. The molecule has 0 aliphatic carbocycles. The Hall–Kier alpha value is -0.610. The highest BCUT2D eigenvalue weighted by Gasteiger charge is 2.18. The van der Waals surface area contributed by atoms with E-state index in [1.54, 1.807) is 4.90 Å². The summed E-state index contributed by atoms with van der Waals surface area (Å²) in [6, 6.07) is 0. The highest BCUT2D eigenvalue weighted by atomic mass is 16.2. The van der Waals surface area contributed by atoms with Crippen LogP contribution in [0.3, 0.4) is 0 Å². The van der Waals surface area contributed by atoms with Gasteiger partial charge in [-0.2, -0.15) is 0 Å². The van der Waals surface area contributed by atoms with Crippen molar-refractivity contribution >= 4 is 5.91 Å². The maximum Gasteiger partial charge on any atom is 0.222 e. The Morgan fingerprint density at radius 3 is 2.81 bits per heavy atom. The molecule has 1 N–H and O–H groups in total. The van der Waals surface area contributed by atoms with Crippen LogP contribution in [0.5, 0.6) is 0 Å². The lowest BCUT2D eigenvalue weighted by Crippen LogP contribution is -2.27. The largest absolute Gasteiger partial charge is 0.349 e. The third kappa shape index (κ3) is 4.94. The Morgan fingerprint density at radius 2 is 2.25 bits per heavy atom. The summed E-state index contributed by atoms with van der Waals surface area (Å²) in [5, 5.41) is 3.44. The zero-order valence-electron chi connectivity index (χ0n) is 10.8. The van der Waals surface area contributed by atoms with Gasteiger partial charge in [0, 0.05) is 27.1 Å². The van der Waals surface area contributed by atoms with Crippen LogP contribution in [-0.4, -0.2) is 63.0 Å². The van der Waals surface area contributed by atoms with Crippen molar-refractivity contribution in [2.75, 3.05) is 47.3 Å². The van der Waals surface area contributed by atoms with E-state index in [2.05, 4.69) is 17.3 Å². The van der Waals surface area contributed by atoms with E-state index in [1.807, 2.05) is 14.1 Å². The van der Waals surface area contributed by atoms with E-state index in [9.17, 15) is 4.79 Å². The summed E-state index contributed by atoms with van der Waals surface area (Å²) >= 11 is 0. The average Bonchev–Trinajstić information content (AvgIpc) is 2.63. The second kappa shape index (κ2) is 6.86. The summed E-state index contributed by atoms with van der Waals surface area (Å²) in [5.41, 5.74) is 0. The van der Waals surface area contributed by atoms with Crippen molar-refractivity contribution in [2.45, 2.75) is 19.3 Å². The van der Waals surface area contributed by atoms with E-state index >= 15 is 0 Å². The second-order valence-electron chi connectivity index (χ2n) is 5.01. The Kier molecular flexibility index (Phi) is 5.77. The van der Waals surface area contributed by atoms with Crippen LogP contribution in [0, 0.1) is 5.92 Å². The van der Waals surface area contributed by atoms with Crippen LogP contribution in [0.4, 0.5) is 0 Å². The Balaban J connectivity index is 1.94. The Morgan fingerprint density at radius 1 is 1.50 bits per heavy atom. The number of nitrogens with one attached hydrogen (secondary N) is 1. The van der Waals surface area contributed by atoms with Crippen molar-refractivity contribution < 1.29 is 4.79 Å². The first-order chi connectivity index (χ1) is 7.59. The monoisotopic (exact) mass is 227 g/mol. The number of hydrogen-bond donors (Lipinski definition) is 1. The zero-order valence-corrected chi connectivity index (χ0v) is 10.8. The lowest BCUT2D eigenvalue weighted by atomic mass is 10.1. The fraction of sp³-hybridized carbons (Fsp3) is 0.917. The zero-order chi connectivity index (χ0) is 12.0. The summed E-state index contributed by atoms with van der Waals surface area (Å²) in [6.07, 6.45) is 2.91. The molecule has 16 heavy (non-hydrogen) atoms. The fourth-order valence-electron chi connectivity index (χ4n) is 2.09. The molecule has 94 valence electrons. The van der Waals surface area contributed by atoms with E-state index < -0.39 is 0 Å². The lowest BCUT2D eigenvalue weighted by Gasteiger charge is -2.12. The molecule has 0 saturated carbocycles. The predicted octanol–water partition coefficient (Wildman–Crippen LogP) is 0.396. The molecule has 0 radical (unpaired) electrons. The van der Waals surface area contributed by atoms with Crippen LogP contribution in [-0.2, 0) is 4.79 Å². The number of nitrogens with zero attached hydrogens (tertiary/aromatic N) is 2. The van der Waals surface area contributed by atoms with Crippen LogP contribution in [0.25, 0.3) is 0 Å². The van der Waals surface area contributed by atoms with Crippen LogP contribution >= 0.6 is 0 Å². The molecule has 1 atom stereocenters. The minimum absolute atomic E-state index is 0.224. The molecule has 1 aliphatic heterocycles. The van der Waals surface area contributed by atoms with Crippen molar-refractivity contribution in [2.24, 2.45) is 5.92 Å². The molecule has 1 fully saturated rings. The van der Waals surface area contributed by atoms with E-state index in [4.69, 9.17) is 0 Å². The number of amides is 1. The Labute approximate surface area is 99.0 Å². The number of rotatable bonds is 6. The molecule has 0 spiro atoms. The summed E-state index contributed by atoms with van der Waals surface area (Å²) < 4.78 is 0. The van der Waals surface area contributed by atoms with Gasteiger partial charge in [0.15, 0.2) is 0 Å². The number of hydrogen-bond acceptors (Lipinski definition) is 3. The molecule has 0 bridgehead atoms. The number of carbonyl (C=O) groups excluding carboxylic acids is 1. The van der Waals surface area contributed by atoms with Gasteiger partial charge in [-0.05, 0) is 45.4 Å². The summed E-state index contributed by atoms with van der Waals surface area (Å²) in [5.74, 6) is 1.02. The van der Waals surface area contributed by atoms with Crippen LogP contribution < -0.4 is 5.32 Å². The van der Waals surface area contributed by atoms with Gasteiger partial charge >= 0.3 is 0 Å². The third-order valence-corrected chi connectivity index (χ3v) is 3.16. The molecular formula is C12H25N3O. The molecule has 4 nitrogen and oxygen atoms in total. The van der Waals surface area contributed by atoms with E-state index in [0.717, 1.165) is 25.4 Å². The lowest BCUT2D eigenvalue weighted by molar-refractivity contribution is -0.128. The van der Waals surface area contributed by atoms with Crippen molar-refractivity contribution in [3.8, 4) is 0 Å². The minimum Gasteiger partial charge on any atom is -0.349 e. The SMILES string of the molecule is CN1CCC(CNCCCC(=O)N(C)C)C1. The standard InChI is InChI=1S/C12H25N3O/c1-14(2)12(16)5-4-7-13-9-11-6-8-15(3)10-11/h11,13H,4-10H2,1-3H3. The summed E-state index contributed by atoms with van der Waals surface area (Å²) in [4.78, 5) is 15.3. The highest BCUT2D eigenvalue weighted by Crippen LogP contribution is 2.12. The van der Waals surface area contributed by atoms with Crippen LogP contribution in [0.15, 0.2) is 0 Å². The van der Waals surface area contributed by atoms with Gasteiger partial charge in [0.25, 0.3) is 0 Å². The molecule has 1 unspecified atom stereocenters. The molecule has 0 aromatic rings. The minimum atomic E-state index is 0.224. The quantitative estimate of drug-likeness (QED) is 0.667. The van der Waals surface area contributed by atoms with Gasteiger partial charge in [0.2, 0.25) is 5.91 Å². The van der Waals surface area contributed by atoms with Crippen molar-refractivity contribution in [3.63, 3.8) is 0 Å². The third-order valence-electron chi connectivity index (χ3n) is 3.16. The summed E-state index contributed by atoms with van der Waals surface area (Å²) in [6.45, 7) is 4.50. The van der Waals surface area contributed by atoms with Gasteiger partial charge in [-0.25, -0.2) is 0 Å². The highest BCUT2D eigenvalue weighted by molar-refractivity contribution is 5.75. The van der Waals surface area contributed by atoms with Crippen LogP contribution in [0.2, 0.25) is 0 Å². The molecule has 0 aromatic heterocycles.